The van der Waals surface area contributed by atoms with Crippen LogP contribution in [0.15, 0.2) is 82.3 Å². The van der Waals surface area contributed by atoms with Crippen LogP contribution < -0.4 is 15.9 Å². The first-order valence-electron chi connectivity index (χ1n) is 12.1. The number of fused-ring (bicyclic) bond motifs is 2. The molecule has 0 atom stereocenters. The van der Waals surface area contributed by atoms with Crippen molar-refractivity contribution < 1.29 is 13.5 Å². The summed E-state index contributed by atoms with van der Waals surface area (Å²) in [6.07, 6.45) is 1.64. The van der Waals surface area contributed by atoms with Crippen LogP contribution in [0.3, 0.4) is 0 Å². The summed E-state index contributed by atoms with van der Waals surface area (Å²) in [5, 5.41) is 6.25. The second-order valence-corrected chi connectivity index (χ2v) is 9.33. The van der Waals surface area contributed by atoms with E-state index in [2.05, 4.69) is 9.97 Å². The first-order chi connectivity index (χ1) is 18.9. The summed E-state index contributed by atoms with van der Waals surface area (Å²) >= 11 is 6.32. The van der Waals surface area contributed by atoms with Crippen LogP contribution in [-0.4, -0.2) is 26.9 Å². The van der Waals surface area contributed by atoms with Crippen molar-refractivity contribution in [1.82, 2.24) is 19.7 Å². The molecule has 0 bridgehead atoms. The van der Waals surface area contributed by atoms with Gasteiger partial charge in [-0.1, -0.05) is 35.9 Å². The van der Waals surface area contributed by atoms with Gasteiger partial charge in [0.2, 0.25) is 5.43 Å². The number of aromatic nitrogens is 4. The summed E-state index contributed by atoms with van der Waals surface area (Å²) in [7, 11) is 1.55. The van der Waals surface area contributed by atoms with Gasteiger partial charge < -0.3 is 14.9 Å². The lowest BCUT2D eigenvalue weighted by Crippen LogP contribution is -2.12. The van der Waals surface area contributed by atoms with E-state index >= 15 is 0 Å². The fourth-order valence-corrected chi connectivity index (χ4v) is 4.94. The van der Waals surface area contributed by atoms with Crippen LogP contribution in [0.2, 0.25) is 5.02 Å². The van der Waals surface area contributed by atoms with Gasteiger partial charge in [-0.05, 0) is 48.0 Å². The summed E-state index contributed by atoms with van der Waals surface area (Å²) in [6.45, 7) is 0.286. The van der Waals surface area contributed by atoms with Crippen molar-refractivity contribution in [3.63, 3.8) is 0 Å². The van der Waals surface area contributed by atoms with Gasteiger partial charge in [-0.3, -0.25) is 4.79 Å². The monoisotopic (exact) mass is 541 g/mol. The summed E-state index contributed by atoms with van der Waals surface area (Å²) in [5.74, 6) is 0.782. The van der Waals surface area contributed by atoms with Crippen molar-refractivity contribution in [3.05, 3.63) is 99.9 Å². The van der Waals surface area contributed by atoms with Gasteiger partial charge in [0.15, 0.2) is 5.65 Å². The van der Waals surface area contributed by atoms with E-state index in [0.29, 0.717) is 60.9 Å². The van der Waals surface area contributed by atoms with Crippen LogP contribution in [0, 0.1) is 5.82 Å². The number of methoxy groups -OCH3 is 1. The molecule has 0 fully saturated rings. The molecule has 0 amide bonds. The quantitative estimate of drug-likeness (QED) is 0.280. The minimum Gasteiger partial charge on any atom is -0.497 e. The van der Waals surface area contributed by atoms with Crippen molar-refractivity contribution in [2.75, 3.05) is 12.8 Å². The number of nitrogen functional groups attached to an aromatic ring is 1. The van der Waals surface area contributed by atoms with Gasteiger partial charge in [-0.2, -0.15) is 5.10 Å². The minimum atomic E-state index is -0.446. The van der Waals surface area contributed by atoms with E-state index in [-0.39, 0.29) is 24.2 Å². The van der Waals surface area contributed by atoms with E-state index < -0.39 is 5.82 Å². The average molecular weight is 542 g/mol. The zero-order chi connectivity index (χ0) is 27.1. The lowest BCUT2D eigenvalue weighted by Gasteiger charge is -2.11. The molecule has 3 aromatic heterocycles. The van der Waals surface area contributed by atoms with Gasteiger partial charge in [0, 0.05) is 17.0 Å². The zero-order valence-electron chi connectivity index (χ0n) is 20.7. The van der Waals surface area contributed by atoms with E-state index in [1.165, 1.54) is 18.5 Å². The Balaban J connectivity index is 1.48. The highest BCUT2D eigenvalue weighted by Crippen LogP contribution is 2.34. The third kappa shape index (κ3) is 4.46. The van der Waals surface area contributed by atoms with Gasteiger partial charge in [0.25, 0.3) is 0 Å². The minimum absolute atomic E-state index is 0.235. The van der Waals surface area contributed by atoms with E-state index in [1.54, 1.807) is 66.4 Å². The van der Waals surface area contributed by atoms with Crippen molar-refractivity contribution in [3.8, 4) is 28.1 Å². The van der Waals surface area contributed by atoms with Crippen molar-refractivity contribution in [2.45, 2.75) is 13.0 Å². The average Bonchev–Trinajstić information content (AvgIpc) is 3.31. The molecule has 0 saturated heterocycles. The Morgan fingerprint density at radius 2 is 1.90 bits per heavy atom. The van der Waals surface area contributed by atoms with E-state index in [1.807, 2.05) is 0 Å². The molecule has 10 heteroatoms. The Morgan fingerprint density at radius 1 is 1.05 bits per heavy atom. The Kier molecular flexibility index (Phi) is 6.20. The zero-order valence-corrected chi connectivity index (χ0v) is 21.4. The van der Waals surface area contributed by atoms with Crippen LogP contribution in [0.25, 0.3) is 44.4 Å². The predicted molar refractivity (Wildman–Crippen MR) is 148 cm³/mol. The third-order valence-corrected chi connectivity index (χ3v) is 6.69. The standard InChI is InChI=1S/C29H21ClFN5O3/c1-38-20-13-17(11-18(30)14-20)26-25-28(32)33-15-34-29(25)36(35-26)10-9-23-24(16-5-4-6-19(31)12-16)27(37)21-7-2-3-8-22(21)39-23/h2-8,11-15H,9-10H2,1H3,(H2,32,33,34). The Bertz CT molecular complexity index is 1940. The Labute approximate surface area is 226 Å². The maximum absolute atomic E-state index is 14.1. The number of para-hydroxylation sites is 1. The number of hydrogen-bond donors (Lipinski definition) is 1. The summed E-state index contributed by atoms with van der Waals surface area (Å²) in [6, 6.07) is 18.2. The SMILES string of the molecule is COc1cc(Cl)cc(-c2nn(CCc3oc4ccccc4c(=O)c3-c3cccc(F)c3)c3ncnc(N)c23)c1. The molecule has 0 spiro atoms. The molecule has 2 N–H and O–H groups in total. The number of hydrogen-bond acceptors (Lipinski definition) is 7. The molecular weight excluding hydrogens is 521 g/mol. The molecule has 39 heavy (non-hydrogen) atoms. The maximum Gasteiger partial charge on any atom is 0.200 e. The highest BCUT2D eigenvalue weighted by atomic mass is 35.5. The Hall–Kier alpha value is -4.76. The molecule has 0 aliphatic heterocycles. The predicted octanol–water partition coefficient (Wildman–Crippen LogP) is 5.89. The Morgan fingerprint density at radius 3 is 2.72 bits per heavy atom. The molecule has 0 saturated carbocycles. The molecule has 6 aromatic rings. The lowest BCUT2D eigenvalue weighted by atomic mass is 10.0. The first kappa shape index (κ1) is 24.6. The number of benzene rings is 3. The highest BCUT2D eigenvalue weighted by Gasteiger charge is 2.21. The molecular formula is C29H21ClFN5O3. The molecule has 6 rings (SSSR count). The molecule has 0 aliphatic rings. The normalized spacial score (nSPS) is 11.4. The number of nitrogens with zero attached hydrogens (tertiary/aromatic N) is 4. The number of ether oxygens (including phenoxy) is 1. The molecule has 0 aliphatic carbocycles. The summed E-state index contributed by atoms with van der Waals surface area (Å²) < 4.78 is 27.4. The van der Waals surface area contributed by atoms with Crippen LogP contribution in [0.5, 0.6) is 5.75 Å². The number of nitrogens with two attached hydrogens (primary N) is 1. The number of halogens is 2. The van der Waals surface area contributed by atoms with Gasteiger partial charge in [-0.15, -0.1) is 0 Å². The summed E-state index contributed by atoms with van der Waals surface area (Å²) in [5.41, 5.74) is 8.93. The topological polar surface area (TPSA) is 109 Å². The molecule has 3 aromatic carbocycles. The molecule has 8 nitrogen and oxygen atoms in total. The van der Waals surface area contributed by atoms with E-state index in [4.69, 9.17) is 31.6 Å². The first-order valence-corrected chi connectivity index (χ1v) is 12.4. The smallest absolute Gasteiger partial charge is 0.200 e. The molecule has 0 radical (unpaired) electrons. The van der Waals surface area contributed by atoms with Gasteiger partial charge in [0.05, 0.1) is 30.0 Å². The maximum atomic E-state index is 14.1. The third-order valence-electron chi connectivity index (χ3n) is 6.47. The van der Waals surface area contributed by atoms with Gasteiger partial charge in [-0.25, -0.2) is 19.0 Å². The van der Waals surface area contributed by atoms with E-state index in [9.17, 15) is 9.18 Å². The van der Waals surface area contributed by atoms with Crippen LogP contribution in [-0.2, 0) is 13.0 Å². The van der Waals surface area contributed by atoms with Crippen molar-refractivity contribution >= 4 is 39.4 Å². The second-order valence-electron chi connectivity index (χ2n) is 8.89. The van der Waals surface area contributed by atoms with Gasteiger partial charge in [0.1, 0.15) is 40.7 Å². The number of rotatable bonds is 6. The lowest BCUT2D eigenvalue weighted by molar-refractivity contribution is 0.415. The van der Waals surface area contributed by atoms with Gasteiger partial charge >= 0.3 is 0 Å². The molecule has 0 unspecified atom stereocenters. The second kappa shape index (κ2) is 9.85. The number of anilines is 1. The molecule has 194 valence electrons. The highest BCUT2D eigenvalue weighted by molar-refractivity contribution is 6.31. The van der Waals surface area contributed by atoms with Crippen molar-refractivity contribution in [1.29, 1.82) is 0 Å². The summed E-state index contributed by atoms with van der Waals surface area (Å²) in [4.78, 5) is 22.1. The van der Waals surface area contributed by atoms with E-state index in [0.717, 1.165) is 0 Å². The fourth-order valence-electron chi connectivity index (χ4n) is 4.71. The number of aryl methyl sites for hydroxylation is 2. The van der Waals surface area contributed by atoms with Crippen LogP contribution >= 0.6 is 11.6 Å². The largest absolute Gasteiger partial charge is 0.497 e. The van der Waals surface area contributed by atoms with Crippen molar-refractivity contribution in [2.24, 2.45) is 0 Å². The van der Waals surface area contributed by atoms with Crippen LogP contribution in [0.4, 0.5) is 10.2 Å². The molecule has 3 heterocycles. The van der Waals surface area contributed by atoms with Crippen LogP contribution in [0.1, 0.15) is 5.76 Å². The fraction of sp³-hybridized carbons (Fsp3) is 0.103.